The standard InChI is InChI=1S/C32H52BrClO4/c1-7-12-14-16-26(33)19-21-27(38-6)20-17-25(15-13-8-2)29(34)23-32(37)24(9-3)18-22-31(36)28(10-4)30(35)11-5/h17-18,20,22,24-29,31,36H,7-13,15,19,21,23H2,1-6H3. The zero-order chi connectivity index (χ0) is 28.9. The van der Waals surface area contributed by atoms with E-state index >= 15 is 0 Å². The van der Waals surface area contributed by atoms with Crippen molar-refractivity contribution < 1.29 is 19.4 Å². The summed E-state index contributed by atoms with van der Waals surface area (Å²) in [5.74, 6) is 5.85. The van der Waals surface area contributed by atoms with Crippen molar-refractivity contribution in [1.29, 1.82) is 0 Å². The van der Waals surface area contributed by atoms with E-state index in [1.165, 1.54) is 0 Å². The van der Waals surface area contributed by atoms with E-state index in [9.17, 15) is 14.7 Å². The summed E-state index contributed by atoms with van der Waals surface area (Å²) < 4.78 is 5.68. The van der Waals surface area contributed by atoms with Gasteiger partial charge in [0.05, 0.1) is 17.0 Å². The Kier molecular flexibility index (Phi) is 22.3. The number of aliphatic hydroxyl groups excluding tert-OH is 1. The number of hydrogen-bond acceptors (Lipinski definition) is 4. The molecule has 0 aliphatic carbocycles. The molecule has 0 radical (unpaired) electrons. The first kappa shape index (κ1) is 37.1. The molecular weight excluding hydrogens is 564 g/mol. The van der Waals surface area contributed by atoms with Crippen LogP contribution in [-0.2, 0) is 14.3 Å². The molecule has 0 aromatic heterocycles. The van der Waals surface area contributed by atoms with Gasteiger partial charge in [0, 0.05) is 43.6 Å². The van der Waals surface area contributed by atoms with Crippen LogP contribution >= 0.6 is 27.5 Å². The maximum atomic E-state index is 13.1. The van der Waals surface area contributed by atoms with E-state index in [2.05, 4.69) is 53.8 Å². The highest BCUT2D eigenvalue weighted by molar-refractivity contribution is 9.09. The molecule has 0 aliphatic heterocycles. The molecule has 4 nitrogen and oxygen atoms in total. The van der Waals surface area contributed by atoms with Gasteiger partial charge in [0.2, 0.25) is 0 Å². The van der Waals surface area contributed by atoms with Crippen LogP contribution < -0.4 is 0 Å². The number of methoxy groups -OCH3 is 1. The number of unbranched alkanes of at least 4 members (excludes halogenated alkanes) is 2. The fourth-order valence-electron chi connectivity index (χ4n) is 4.36. The minimum absolute atomic E-state index is 0.0307. The van der Waals surface area contributed by atoms with E-state index in [1.807, 2.05) is 13.8 Å². The average molecular weight is 616 g/mol. The number of halogens is 2. The molecule has 218 valence electrons. The highest BCUT2D eigenvalue weighted by atomic mass is 79.9. The monoisotopic (exact) mass is 614 g/mol. The van der Waals surface area contributed by atoms with Crippen molar-refractivity contribution >= 4 is 39.1 Å². The van der Waals surface area contributed by atoms with E-state index in [0.29, 0.717) is 19.3 Å². The van der Waals surface area contributed by atoms with Gasteiger partial charge in [0.15, 0.2) is 0 Å². The van der Waals surface area contributed by atoms with Gasteiger partial charge in [-0.25, -0.2) is 0 Å². The number of Topliss-reactive ketones (excluding diaryl/α,β-unsaturated/α-hetero) is 2. The first-order valence-electron chi connectivity index (χ1n) is 14.6. The summed E-state index contributed by atoms with van der Waals surface area (Å²) in [5, 5.41) is 10.2. The Morgan fingerprint density at radius 2 is 1.66 bits per heavy atom. The molecule has 0 fully saturated rings. The van der Waals surface area contributed by atoms with E-state index in [0.717, 1.165) is 44.9 Å². The number of rotatable bonds is 21. The first-order valence-corrected chi connectivity index (χ1v) is 15.9. The first-order chi connectivity index (χ1) is 18.2. The largest absolute Gasteiger partial charge is 0.388 e. The van der Waals surface area contributed by atoms with Crippen LogP contribution in [0.2, 0.25) is 0 Å². The number of alkyl halides is 2. The Morgan fingerprint density at radius 3 is 2.21 bits per heavy atom. The maximum absolute atomic E-state index is 13.1. The van der Waals surface area contributed by atoms with Crippen LogP contribution in [-0.4, -0.2) is 46.2 Å². The number of carbonyl (C=O) groups is 2. The number of ketones is 2. The molecule has 0 spiro atoms. The molecule has 7 atom stereocenters. The quantitative estimate of drug-likeness (QED) is 0.0803. The normalized spacial score (nSPS) is 17.4. The van der Waals surface area contributed by atoms with Crippen LogP contribution in [0.4, 0.5) is 0 Å². The van der Waals surface area contributed by atoms with Crippen molar-refractivity contribution in [3.05, 3.63) is 24.3 Å². The van der Waals surface area contributed by atoms with Gasteiger partial charge in [-0.05, 0) is 44.4 Å². The predicted molar refractivity (Wildman–Crippen MR) is 165 cm³/mol. The lowest BCUT2D eigenvalue weighted by molar-refractivity contribution is -0.125. The van der Waals surface area contributed by atoms with Crippen molar-refractivity contribution in [3.8, 4) is 11.8 Å². The smallest absolute Gasteiger partial charge is 0.141 e. The Bertz CT molecular complexity index is 769. The number of ether oxygens (including phenoxy) is 1. The third-order valence-corrected chi connectivity index (χ3v) is 8.14. The average Bonchev–Trinajstić information content (AvgIpc) is 2.90. The molecule has 0 rings (SSSR count). The van der Waals surface area contributed by atoms with Gasteiger partial charge in [-0.15, -0.1) is 17.5 Å². The summed E-state index contributed by atoms with van der Waals surface area (Å²) in [6.07, 6.45) is 15.3. The van der Waals surface area contributed by atoms with Gasteiger partial charge < -0.3 is 9.84 Å². The van der Waals surface area contributed by atoms with Crippen LogP contribution in [0.3, 0.4) is 0 Å². The molecule has 0 aromatic carbocycles. The molecule has 0 heterocycles. The fraction of sp³-hybridized carbons (Fsp3) is 0.750. The molecular formula is C32H52BrClO4. The summed E-state index contributed by atoms with van der Waals surface area (Å²) in [6.45, 7) is 9.94. The Morgan fingerprint density at radius 1 is 0.947 bits per heavy atom. The molecule has 0 aromatic rings. The number of carbonyl (C=O) groups excluding carboxylic acids is 2. The van der Waals surface area contributed by atoms with Crippen LogP contribution in [0.25, 0.3) is 0 Å². The Balaban J connectivity index is 5.26. The van der Waals surface area contributed by atoms with Gasteiger partial charge >= 0.3 is 0 Å². The highest BCUT2D eigenvalue weighted by Crippen LogP contribution is 2.26. The van der Waals surface area contributed by atoms with Crippen LogP contribution in [0.1, 0.15) is 105 Å². The van der Waals surface area contributed by atoms with Crippen LogP contribution in [0.15, 0.2) is 24.3 Å². The second kappa shape index (κ2) is 22.8. The Hall–Kier alpha value is -0.930. The molecule has 0 saturated carbocycles. The van der Waals surface area contributed by atoms with Crippen molar-refractivity contribution in [2.75, 3.05) is 7.11 Å². The lowest BCUT2D eigenvalue weighted by Gasteiger charge is -2.22. The lowest BCUT2D eigenvalue weighted by atomic mass is 9.88. The van der Waals surface area contributed by atoms with Crippen LogP contribution in [0, 0.1) is 29.6 Å². The van der Waals surface area contributed by atoms with Gasteiger partial charge in [-0.2, -0.15) is 0 Å². The second-order valence-corrected chi connectivity index (χ2v) is 11.7. The molecule has 1 N–H and O–H groups in total. The van der Waals surface area contributed by atoms with E-state index in [-0.39, 0.29) is 46.1 Å². The zero-order valence-corrected chi connectivity index (χ0v) is 26.9. The highest BCUT2D eigenvalue weighted by Gasteiger charge is 2.25. The van der Waals surface area contributed by atoms with Crippen molar-refractivity contribution in [2.24, 2.45) is 17.8 Å². The summed E-state index contributed by atoms with van der Waals surface area (Å²) >= 11 is 10.5. The van der Waals surface area contributed by atoms with Crippen molar-refractivity contribution in [1.82, 2.24) is 0 Å². The molecule has 7 unspecified atom stereocenters. The van der Waals surface area contributed by atoms with E-state index in [4.69, 9.17) is 16.3 Å². The number of aliphatic hydroxyl groups is 1. The fourth-order valence-corrected chi connectivity index (χ4v) is 5.15. The molecule has 6 heteroatoms. The zero-order valence-electron chi connectivity index (χ0n) is 24.6. The predicted octanol–water partition coefficient (Wildman–Crippen LogP) is 8.23. The molecule has 0 saturated heterocycles. The van der Waals surface area contributed by atoms with Crippen molar-refractivity contribution in [3.63, 3.8) is 0 Å². The topological polar surface area (TPSA) is 63.6 Å². The molecule has 38 heavy (non-hydrogen) atoms. The maximum Gasteiger partial charge on any atom is 0.141 e. The van der Waals surface area contributed by atoms with Gasteiger partial charge in [0.1, 0.15) is 11.6 Å². The Labute approximate surface area is 246 Å². The summed E-state index contributed by atoms with van der Waals surface area (Å²) in [6, 6.07) is 0. The van der Waals surface area contributed by atoms with Crippen molar-refractivity contribution in [2.45, 2.75) is 128 Å². The third kappa shape index (κ3) is 15.6. The van der Waals surface area contributed by atoms with Crippen LogP contribution in [0.5, 0.6) is 0 Å². The summed E-state index contributed by atoms with van der Waals surface area (Å²) in [4.78, 5) is 25.4. The molecule has 0 bridgehead atoms. The van der Waals surface area contributed by atoms with E-state index in [1.54, 1.807) is 26.2 Å². The lowest BCUT2D eigenvalue weighted by Crippen LogP contribution is -2.26. The van der Waals surface area contributed by atoms with Gasteiger partial charge in [-0.1, -0.05) is 93.6 Å². The summed E-state index contributed by atoms with van der Waals surface area (Å²) in [5.41, 5.74) is 0. The van der Waals surface area contributed by atoms with E-state index < -0.39 is 12.0 Å². The number of allylic oxidation sites excluding steroid dienone is 2. The van der Waals surface area contributed by atoms with Gasteiger partial charge in [0.25, 0.3) is 0 Å². The molecule has 0 aliphatic rings. The SMILES string of the molecule is CCCC#CC(Br)CCC(C=CC(CCCC)C(Cl)CC(=O)C(C=CC(O)C(CC)C(=O)CC)CC)OC. The second-order valence-electron chi connectivity index (χ2n) is 9.99. The summed E-state index contributed by atoms with van der Waals surface area (Å²) in [7, 11) is 1.72. The minimum Gasteiger partial charge on any atom is -0.388 e. The van der Waals surface area contributed by atoms with Gasteiger partial charge in [-0.3, -0.25) is 9.59 Å². The minimum atomic E-state index is -0.871. The molecule has 0 amide bonds. The number of hydrogen-bond donors (Lipinski definition) is 1. The third-order valence-electron chi connectivity index (χ3n) is 6.97.